The summed E-state index contributed by atoms with van der Waals surface area (Å²) in [6.07, 6.45) is 0.871. The number of ether oxygens (including phenoxy) is 1. The minimum absolute atomic E-state index is 0.192. The predicted octanol–water partition coefficient (Wildman–Crippen LogP) is 2.25. The number of carbonyl (C=O) groups excluding carboxylic acids is 1. The zero-order valence-electron chi connectivity index (χ0n) is 11.5. The third-order valence-corrected chi connectivity index (χ3v) is 3.43. The molecule has 1 fully saturated rings. The van der Waals surface area contributed by atoms with Crippen LogP contribution >= 0.6 is 0 Å². The Bertz CT molecular complexity index is 394. The van der Waals surface area contributed by atoms with Gasteiger partial charge in [0.2, 0.25) is 0 Å². The summed E-state index contributed by atoms with van der Waals surface area (Å²) >= 11 is 0. The van der Waals surface area contributed by atoms with Gasteiger partial charge in [-0.05, 0) is 31.0 Å². The minimum Gasteiger partial charge on any atom is -0.445 e. The topological polar surface area (TPSA) is 41.6 Å². The van der Waals surface area contributed by atoms with Crippen LogP contribution in [0.3, 0.4) is 0 Å². The van der Waals surface area contributed by atoms with Crippen LogP contribution in [-0.2, 0) is 11.3 Å². The Hall–Kier alpha value is -1.55. The van der Waals surface area contributed by atoms with E-state index in [9.17, 15) is 4.79 Å². The maximum absolute atomic E-state index is 11.9. The van der Waals surface area contributed by atoms with Gasteiger partial charge in [-0.3, -0.25) is 0 Å². The van der Waals surface area contributed by atoms with Crippen molar-refractivity contribution < 1.29 is 9.53 Å². The van der Waals surface area contributed by atoms with Gasteiger partial charge in [0.1, 0.15) is 6.61 Å². The van der Waals surface area contributed by atoms with E-state index in [2.05, 4.69) is 12.2 Å². The Balaban J connectivity index is 1.72. The Kier molecular flexibility index (Phi) is 5.21. The molecular weight excluding hydrogens is 240 g/mol. The lowest BCUT2D eigenvalue weighted by Crippen LogP contribution is -2.31. The molecule has 0 unspecified atom stereocenters. The van der Waals surface area contributed by atoms with Crippen LogP contribution in [0.2, 0.25) is 0 Å². The van der Waals surface area contributed by atoms with Crippen LogP contribution in [0.1, 0.15) is 18.9 Å². The van der Waals surface area contributed by atoms with Crippen molar-refractivity contribution in [2.24, 2.45) is 5.92 Å². The Morgan fingerprint density at radius 1 is 1.42 bits per heavy atom. The summed E-state index contributed by atoms with van der Waals surface area (Å²) < 4.78 is 5.33. The van der Waals surface area contributed by atoms with Crippen LogP contribution in [0.15, 0.2) is 30.3 Å². The number of benzene rings is 1. The van der Waals surface area contributed by atoms with E-state index in [1.807, 2.05) is 35.2 Å². The normalized spacial score (nSPS) is 18.6. The SMILES string of the molecule is CCNC[C@H]1CCN(C(=O)OCc2ccccc2)C1. The largest absolute Gasteiger partial charge is 0.445 e. The maximum atomic E-state index is 11.9. The van der Waals surface area contributed by atoms with Crippen LogP contribution in [0.4, 0.5) is 4.79 Å². The number of hydrogen-bond acceptors (Lipinski definition) is 3. The van der Waals surface area contributed by atoms with E-state index in [1.54, 1.807) is 0 Å². The van der Waals surface area contributed by atoms with Gasteiger partial charge in [-0.15, -0.1) is 0 Å². The monoisotopic (exact) mass is 262 g/mol. The lowest BCUT2D eigenvalue weighted by atomic mass is 10.1. The summed E-state index contributed by atoms with van der Waals surface area (Å²) in [7, 11) is 0. The first-order valence-electron chi connectivity index (χ1n) is 6.96. The lowest BCUT2D eigenvalue weighted by molar-refractivity contribution is 0.103. The van der Waals surface area contributed by atoms with Crippen molar-refractivity contribution in [3.05, 3.63) is 35.9 Å². The van der Waals surface area contributed by atoms with E-state index in [-0.39, 0.29) is 6.09 Å². The molecule has 1 aromatic rings. The number of carbonyl (C=O) groups is 1. The minimum atomic E-state index is -0.192. The van der Waals surface area contributed by atoms with Crippen molar-refractivity contribution >= 4 is 6.09 Å². The molecule has 1 N–H and O–H groups in total. The molecule has 4 nitrogen and oxygen atoms in total. The van der Waals surface area contributed by atoms with Gasteiger partial charge in [-0.2, -0.15) is 0 Å². The molecule has 0 spiro atoms. The number of likely N-dealkylation sites (tertiary alicyclic amines) is 1. The Morgan fingerprint density at radius 2 is 2.21 bits per heavy atom. The molecule has 0 aliphatic carbocycles. The van der Waals surface area contributed by atoms with Gasteiger partial charge in [0.25, 0.3) is 0 Å². The number of nitrogens with zero attached hydrogens (tertiary/aromatic N) is 1. The lowest BCUT2D eigenvalue weighted by Gasteiger charge is -2.16. The highest BCUT2D eigenvalue weighted by Crippen LogP contribution is 2.16. The highest BCUT2D eigenvalue weighted by Gasteiger charge is 2.26. The molecular formula is C15H22N2O2. The molecule has 1 amide bonds. The van der Waals surface area contributed by atoms with Gasteiger partial charge in [0.05, 0.1) is 0 Å². The standard InChI is InChI=1S/C15H22N2O2/c1-2-16-10-14-8-9-17(11-14)15(18)19-12-13-6-4-3-5-7-13/h3-7,14,16H,2,8-12H2,1H3/t14-/m1/s1. The summed E-state index contributed by atoms with van der Waals surface area (Å²) in [4.78, 5) is 13.7. The van der Waals surface area contributed by atoms with Crippen LogP contribution in [0.5, 0.6) is 0 Å². The van der Waals surface area contributed by atoms with E-state index in [1.165, 1.54) is 0 Å². The molecule has 4 heteroatoms. The van der Waals surface area contributed by atoms with Crippen LogP contribution in [0, 0.1) is 5.92 Å². The summed E-state index contributed by atoms with van der Waals surface area (Å²) in [5.74, 6) is 0.559. The highest BCUT2D eigenvalue weighted by molar-refractivity contribution is 5.68. The second-order valence-corrected chi connectivity index (χ2v) is 4.95. The smallest absolute Gasteiger partial charge is 0.410 e. The van der Waals surface area contributed by atoms with Gasteiger partial charge in [-0.25, -0.2) is 4.79 Å². The fraction of sp³-hybridized carbons (Fsp3) is 0.533. The summed E-state index contributed by atoms with van der Waals surface area (Å²) in [6, 6.07) is 9.78. The van der Waals surface area contributed by atoms with Crippen molar-refractivity contribution in [3.8, 4) is 0 Å². The summed E-state index contributed by atoms with van der Waals surface area (Å²) in [5.41, 5.74) is 1.03. The third kappa shape index (κ3) is 4.24. The van der Waals surface area contributed by atoms with Gasteiger partial charge >= 0.3 is 6.09 Å². The first-order chi connectivity index (χ1) is 9.29. The van der Waals surface area contributed by atoms with Crippen molar-refractivity contribution in [3.63, 3.8) is 0 Å². The third-order valence-electron chi connectivity index (χ3n) is 3.43. The molecule has 0 aromatic heterocycles. The van der Waals surface area contributed by atoms with Crippen molar-refractivity contribution in [1.29, 1.82) is 0 Å². The Morgan fingerprint density at radius 3 is 2.95 bits per heavy atom. The summed E-state index contributed by atoms with van der Waals surface area (Å²) in [5, 5.41) is 3.33. The van der Waals surface area contributed by atoms with Crippen LogP contribution in [-0.4, -0.2) is 37.2 Å². The molecule has 1 aromatic carbocycles. The van der Waals surface area contributed by atoms with Crippen molar-refractivity contribution in [1.82, 2.24) is 10.2 Å². The molecule has 19 heavy (non-hydrogen) atoms. The van der Waals surface area contributed by atoms with Crippen LogP contribution in [0.25, 0.3) is 0 Å². The molecule has 2 rings (SSSR count). The molecule has 1 saturated heterocycles. The molecule has 0 radical (unpaired) electrons. The van der Waals surface area contributed by atoms with E-state index < -0.39 is 0 Å². The first-order valence-corrected chi connectivity index (χ1v) is 6.96. The van der Waals surface area contributed by atoms with E-state index >= 15 is 0 Å². The van der Waals surface area contributed by atoms with E-state index in [4.69, 9.17) is 4.74 Å². The average Bonchev–Trinajstić information content (AvgIpc) is 2.92. The van der Waals surface area contributed by atoms with Gasteiger partial charge in [-0.1, -0.05) is 37.3 Å². The van der Waals surface area contributed by atoms with E-state index in [0.717, 1.165) is 38.2 Å². The average molecular weight is 262 g/mol. The fourth-order valence-electron chi connectivity index (χ4n) is 2.32. The number of rotatable bonds is 5. The quantitative estimate of drug-likeness (QED) is 0.885. The maximum Gasteiger partial charge on any atom is 0.410 e. The predicted molar refractivity (Wildman–Crippen MR) is 74.9 cm³/mol. The van der Waals surface area contributed by atoms with Gasteiger partial charge in [0.15, 0.2) is 0 Å². The second-order valence-electron chi connectivity index (χ2n) is 4.95. The summed E-state index contributed by atoms with van der Waals surface area (Å²) in [6.45, 7) is 6.03. The molecule has 1 aliphatic rings. The number of nitrogens with one attached hydrogen (secondary N) is 1. The number of amides is 1. The molecule has 0 saturated carbocycles. The fourth-order valence-corrected chi connectivity index (χ4v) is 2.32. The van der Waals surface area contributed by atoms with Crippen LogP contribution < -0.4 is 5.32 Å². The molecule has 1 aliphatic heterocycles. The van der Waals surface area contributed by atoms with E-state index in [0.29, 0.717) is 12.5 Å². The first kappa shape index (κ1) is 13.9. The zero-order chi connectivity index (χ0) is 13.5. The number of hydrogen-bond donors (Lipinski definition) is 1. The van der Waals surface area contributed by atoms with Gasteiger partial charge < -0.3 is 15.0 Å². The highest BCUT2D eigenvalue weighted by atomic mass is 16.6. The zero-order valence-corrected chi connectivity index (χ0v) is 11.5. The van der Waals surface area contributed by atoms with Gasteiger partial charge in [0, 0.05) is 13.1 Å². The molecule has 0 bridgehead atoms. The second kappa shape index (κ2) is 7.14. The Labute approximate surface area is 114 Å². The van der Waals surface area contributed by atoms with Crippen molar-refractivity contribution in [2.45, 2.75) is 20.0 Å². The molecule has 1 heterocycles. The molecule has 104 valence electrons. The van der Waals surface area contributed by atoms with Crippen molar-refractivity contribution in [2.75, 3.05) is 26.2 Å². The molecule has 1 atom stereocenters.